The number of morpholine rings is 1. The third kappa shape index (κ3) is 6.55. The van der Waals surface area contributed by atoms with Crippen LogP contribution in [0.2, 0.25) is 0 Å². The number of ether oxygens (including phenoxy) is 3. The lowest BCUT2D eigenvalue weighted by molar-refractivity contribution is -0.140. The van der Waals surface area contributed by atoms with Crippen molar-refractivity contribution in [3.05, 3.63) is 65.2 Å². The minimum atomic E-state index is -0.707. The van der Waals surface area contributed by atoms with Crippen molar-refractivity contribution in [2.45, 2.75) is 39.2 Å². The fraction of sp³-hybridized carbons (Fsp3) is 0.467. The summed E-state index contributed by atoms with van der Waals surface area (Å²) < 4.78 is 16.9. The molecule has 0 aromatic heterocycles. The minimum Gasteiger partial charge on any atom is -0.507 e. The molecule has 1 N–H and O–H groups in total. The van der Waals surface area contributed by atoms with Gasteiger partial charge in [0.1, 0.15) is 17.3 Å². The van der Waals surface area contributed by atoms with E-state index in [-0.39, 0.29) is 11.3 Å². The smallest absolute Gasteiger partial charge is 0.295 e. The Morgan fingerprint density at radius 2 is 1.74 bits per heavy atom. The number of hydrogen-bond acceptors (Lipinski definition) is 7. The van der Waals surface area contributed by atoms with Crippen molar-refractivity contribution < 1.29 is 28.9 Å². The molecule has 204 valence electrons. The third-order valence-electron chi connectivity index (χ3n) is 6.90. The quantitative estimate of drug-likeness (QED) is 0.191. The van der Waals surface area contributed by atoms with Crippen LogP contribution in [0, 0.1) is 0 Å². The third-order valence-corrected chi connectivity index (χ3v) is 6.90. The van der Waals surface area contributed by atoms with Crippen LogP contribution in [0.4, 0.5) is 0 Å². The first-order valence-electron chi connectivity index (χ1n) is 13.6. The van der Waals surface area contributed by atoms with Gasteiger partial charge in [0.2, 0.25) is 0 Å². The molecule has 0 bridgehead atoms. The predicted octanol–water partition coefficient (Wildman–Crippen LogP) is 4.41. The summed E-state index contributed by atoms with van der Waals surface area (Å²) in [6, 6.07) is 13.7. The highest BCUT2D eigenvalue weighted by Gasteiger charge is 2.46. The van der Waals surface area contributed by atoms with Gasteiger partial charge in [-0.2, -0.15) is 0 Å². The number of rotatable bonds is 12. The average molecular weight is 523 g/mol. The number of aliphatic hydroxyl groups is 1. The molecule has 1 amide bonds. The second-order valence-electron chi connectivity index (χ2n) is 9.53. The lowest BCUT2D eigenvalue weighted by Gasteiger charge is -2.29. The van der Waals surface area contributed by atoms with Crippen molar-refractivity contribution in [3.8, 4) is 11.5 Å². The molecule has 38 heavy (non-hydrogen) atoms. The number of nitrogens with zero attached hydrogens (tertiary/aromatic N) is 2. The van der Waals surface area contributed by atoms with Crippen molar-refractivity contribution >= 4 is 17.4 Å². The van der Waals surface area contributed by atoms with Gasteiger partial charge in [-0.05, 0) is 61.7 Å². The molecule has 0 aliphatic carbocycles. The van der Waals surface area contributed by atoms with Gasteiger partial charge in [-0.3, -0.25) is 14.5 Å². The van der Waals surface area contributed by atoms with Crippen molar-refractivity contribution in [2.75, 3.05) is 52.6 Å². The summed E-state index contributed by atoms with van der Waals surface area (Å²) in [6.07, 6.45) is 2.66. The molecule has 0 spiro atoms. The highest BCUT2D eigenvalue weighted by Crippen LogP contribution is 2.40. The van der Waals surface area contributed by atoms with Crippen molar-refractivity contribution in [1.29, 1.82) is 0 Å². The van der Waals surface area contributed by atoms with Crippen molar-refractivity contribution in [1.82, 2.24) is 9.80 Å². The van der Waals surface area contributed by atoms with E-state index in [2.05, 4.69) is 11.8 Å². The molecule has 0 saturated carbocycles. The van der Waals surface area contributed by atoms with Gasteiger partial charge in [0.05, 0.1) is 38.0 Å². The zero-order chi connectivity index (χ0) is 26.9. The number of hydrogen-bond donors (Lipinski definition) is 1. The Labute approximate surface area is 224 Å². The first-order valence-corrected chi connectivity index (χ1v) is 13.6. The number of carbonyl (C=O) groups is 2. The Hall–Kier alpha value is -3.36. The van der Waals surface area contributed by atoms with Gasteiger partial charge in [0.25, 0.3) is 11.7 Å². The molecule has 0 radical (unpaired) electrons. The number of carbonyl (C=O) groups excluding carboxylic acids is 2. The molecule has 1 unspecified atom stereocenters. The van der Waals surface area contributed by atoms with E-state index in [1.54, 1.807) is 29.2 Å². The van der Waals surface area contributed by atoms with E-state index in [0.717, 1.165) is 38.0 Å². The van der Waals surface area contributed by atoms with Gasteiger partial charge in [0.15, 0.2) is 0 Å². The Morgan fingerprint density at radius 3 is 2.45 bits per heavy atom. The average Bonchev–Trinajstić information content (AvgIpc) is 3.19. The molecule has 2 aliphatic rings. The molecule has 2 fully saturated rings. The van der Waals surface area contributed by atoms with E-state index in [1.807, 2.05) is 31.2 Å². The summed E-state index contributed by atoms with van der Waals surface area (Å²) in [6.45, 7) is 9.44. The summed E-state index contributed by atoms with van der Waals surface area (Å²) in [5.74, 6) is -0.117. The first-order chi connectivity index (χ1) is 18.5. The van der Waals surface area contributed by atoms with Crippen LogP contribution < -0.4 is 9.47 Å². The second kappa shape index (κ2) is 13.4. The number of amides is 1. The van der Waals surface area contributed by atoms with Crippen LogP contribution in [0.1, 0.15) is 50.3 Å². The number of ketones is 1. The summed E-state index contributed by atoms with van der Waals surface area (Å²) in [7, 11) is 0. The zero-order valence-electron chi connectivity index (χ0n) is 22.4. The number of unbranched alkanes of at least 4 members (excludes halogenated alkanes) is 1. The molecular weight excluding hydrogens is 484 g/mol. The standard InChI is InChI=1S/C30H38N2O6/c1-3-5-18-38-25-9-6-8-23(21-25)27-26(28(33)22-10-12-24(13-11-22)37-4-2)29(34)30(35)32(27)15-7-14-31-16-19-36-20-17-31/h6,8-13,21,27,33H,3-5,7,14-20H2,1-2H3. The van der Waals surface area contributed by atoms with E-state index in [9.17, 15) is 14.7 Å². The van der Waals surface area contributed by atoms with E-state index in [0.29, 0.717) is 56.5 Å². The Balaban J connectivity index is 1.66. The lowest BCUT2D eigenvalue weighted by Crippen LogP contribution is -2.38. The molecule has 2 heterocycles. The maximum absolute atomic E-state index is 13.4. The highest BCUT2D eigenvalue weighted by molar-refractivity contribution is 6.46. The fourth-order valence-electron chi connectivity index (χ4n) is 4.89. The largest absolute Gasteiger partial charge is 0.507 e. The van der Waals surface area contributed by atoms with E-state index < -0.39 is 17.7 Å². The molecule has 4 rings (SSSR count). The van der Waals surface area contributed by atoms with Crippen LogP contribution in [0.5, 0.6) is 11.5 Å². The molecular formula is C30H38N2O6. The minimum absolute atomic E-state index is 0.0937. The van der Waals surface area contributed by atoms with E-state index in [4.69, 9.17) is 14.2 Å². The topological polar surface area (TPSA) is 88.5 Å². The van der Waals surface area contributed by atoms with Crippen LogP contribution in [0.25, 0.3) is 5.76 Å². The Kier molecular flexibility index (Phi) is 9.79. The number of likely N-dealkylation sites (tertiary alicyclic amines) is 1. The van der Waals surface area contributed by atoms with Crippen LogP contribution >= 0.6 is 0 Å². The van der Waals surface area contributed by atoms with Crippen LogP contribution in [0.3, 0.4) is 0 Å². The molecule has 1 atom stereocenters. The molecule has 2 aromatic carbocycles. The van der Waals surface area contributed by atoms with Gasteiger partial charge in [0, 0.05) is 31.7 Å². The SMILES string of the molecule is CCCCOc1cccc(C2C(=C(O)c3ccc(OCC)cc3)C(=O)C(=O)N2CCCN2CCOCC2)c1. The van der Waals surface area contributed by atoms with Crippen LogP contribution in [-0.4, -0.2) is 79.2 Å². The monoisotopic (exact) mass is 522 g/mol. The zero-order valence-corrected chi connectivity index (χ0v) is 22.4. The molecule has 2 aromatic rings. The second-order valence-corrected chi connectivity index (χ2v) is 9.53. The van der Waals surface area contributed by atoms with Crippen molar-refractivity contribution in [3.63, 3.8) is 0 Å². The predicted molar refractivity (Wildman–Crippen MR) is 145 cm³/mol. The normalized spacial score (nSPS) is 19.6. The summed E-state index contributed by atoms with van der Waals surface area (Å²) >= 11 is 0. The van der Waals surface area contributed by atoms with Gasteiger partial charge >= 0.3 is 0 Å². The lowest BCUT2D eigenvalue weighted by atomic mass is 9.95. The van der Waals surface area contributed by atoms with Crippen molar-refractivity contribution in [2.24, 2.45) is 0 Å². The maximum Gasteiger partial charge on any atom is 0.295 e. The molecule has 8 nitrogen and oxygen atoms in total. The molecule has 2 saturated heterocycles. The fourth-order valence-corrected chi connectivity index (χ4v) is 4.89. The van der Waals surface area contributed by atoms with Crippen LogP contribution in [-0.2, 0) is 14.3 Å². The summed E-state index contributed by atoms with van der Waals surface area (Å²) in [5, 5.41) is 11.3. The Morgan fingerprint density at radius 1 is 0.974 bits per heavy atom. The molecule has 2 aliphatic heterocycles. The number of aliphatic hydroxyl groups excluding tert-OH is 1. The van der Waals surface area contributed by atoms with Gasteiger partial charge in [-0.15, -0.1) is 0 Å². The van der Waals surface area contributed by atoms with Gasteiger partial charge in [-0.25, -0.2) is 0 Å². The van der Waals surface area contributed by atoms with Gasteiger partial charge < -0.3 is 24.2 Å². The first kappa shape index (κ1) is 27.7. The molecule has 8 heteroatoms. The summed E-state index contributed by atoms with van der Waals surface area (Å²) in [4.78, 5) is 30.5. The number of benzene rings is 2. The maximum atomic E-state index is 13.4. The Bertz CT molecular complexity index is 1120. The van der Waals surface area contributed by atoms with Crippen LogP contribution in [0.15, 0.2) is 54.1 Å². The van der Waals surface area contributed by atoms with Gasteiger partial charge in [-0.1, -0.05) is 25.5 Å². The highest BCUT2D eigenvalue weighted by atomic mass is 16.5. The van der Waals surface area contributed by atoms with E-state index >= 15 is 0 Å². The summed E-state index contributed by atoms with van der Waals surface area (Å²) in [5.41, 5.74) is 1.29. The number of Topliss-reactive ketones (excluding diaryl/α,β-unsaturated/α-hetero) is 1. The van der Waals surface area contributed by atoms with E-state index in [1.165, 1.54) is 0 Å².